The van der Waals surface area contributed by atoms with Crippen LogP contribution in [0.3, 0.4) is 0 Å². The van der Waals surface area contributed by atoms with Crippen molar-refractivity contribution in [3.63, 3.8) is 0 Å². The van der Waals surface area contributed by atoms with Gasteiger partial charge in [-0.05, 0) is 43.2 Å². The molecule has 4 heteroatoms. The molecule has 0 radical (unpaired) electrons. The SMILES string of the molecule is CCCC(C)OC(=O)c1ccc(COc2ccccc2C=O)cc1. The van der Waals surface area contributed by atoms with E-state index in [1.54, 1.807) is 30.3 Å². The van der Waals surface area contributed by atoms with Crippen LogP contribution in [0.5, 0.6) is 5.75 Å². The third kappa shape index (κ3) is 4.95. The van der Waals surface area contributed by atoms with Crippen LogP contribution in [-0.2, 0) is 11.3 Å². The molecule has 0 bridgehead atoms. The molecule has 2 rings (SSSR count). The molecule has 0 fully saturated rings. The van der Waals surface area contributed by atoms with E-state index in [-0.39, 0.29) is 12.1 Å². The summed E-state index contributed by atoms with van der Waals surface area (Å²) in [6.45, 7) is 4.28. The summed E-state index contributed by atoms with van der Waals surface area (Å²) in [5.41, 5.74) is 1.95. The number of carbonyl (C=O) groups is 2. The lowest BCUT2D eigenvalue weighted by molar-refractivity contribution is 0.0323. The highest BCUT2D eigenvalue weighted by atomic mass is 16.5. The number of hydrogen-bond acceptors (Lipinski definition) is 4. The number of carbonyl (C=O) groups excluding carboxylic acids is 2. The first-order valence-electron chi connectivity index (χ1n) is 8.11. The Kier molecular flexibility index (Phi) is 6.55. The summed E-state index contributed by atoms with van der Waals surface area (Å²) in [5.74, 6) is 0.235. The van der Waals surface area contributed by atoms with Crippen molar-refractivity contribution in [2.45, 2.75) is 39.4 Å². The second-order valence-electron chi connectivity index (χ2n) is 5.65. The van der Waals surface area contributed by atoms with Crippen molar-refractivity contribution < 1.29 is 19.1 Å². The Labute approximate surface area is 142 Å². The zero-order valence-corrected chi connectivity index (χ0v) is 14.0. The van der Waals surface area contributed by atoms with Crippen LogP contribution in [0.1, 0.15) is 53.0 Å². The van der Waals surface area contributed by atoms with Crippen LogP contribution >= 0.6 is 0 Å². The lowest BCUT2D eigenvalue weighted by Gasteiger charge is -2.12. The van der Waals surface area contributed by atoms with Crippen molar-refractivity contribution in [3.05, 3.63) is 65.2 Å². The molecule has 0 aliphatic heterocycles. The number of para-hydroxylation sites is 1. The van der Waals surface area contributed by atoms with Gasteiger partial charge in [-0.1, -0.05) is 37.6 Å². The first kappa shape index (κ1) is 17.7. The number of hydrogen-bond donors (Lipinski definition) is 0. The summed E-state index contributed by atoms with van der Waals surface area (Å²) in [5, 5.41) is 0. The van der Waals surface area contributed by atoms with Gasteiger partial charge in [0, 0.05) is 0 Å². The van der Waals surface area contributed by atoms with E-state index in [0.29, 0.717) is 23.5 Å². The molecule has 0 aromatic heterocycles. The van der Waals surface area contributed by atoms with Gasteiger partial charge < -0.3 is 9.47 Å². The third-order valence-corrected chi connectivity index (χ3v) is 3.63. The maximum atomic E-state index is 12.0. The highest BCUT2D eigenvalue weighted by Gasteiger charge is 2.11. The Hall–Kier alpha value is -2.62. The van der Waals surface area contributed by atoms with E-state index in [1.807, 2.05) is 25.1 Å². The van der Waals surface area contributed by atoms with Crippen molar-refractivity contribution in [1.29, 1.82) is 0 Å². The van der Waals surface area contributed by atoms with Gasteiger partial charge in [0.2, 0.25) is 0 Å². The van der Waals surface area contributed by atoms with Gasteiger partial charge in [-0.15, -0.1) is 0 Å². The van der Waals surface area contributed by atoms with E-state index in [1.165, 1.54) is 0 Å². The predicted octanol–water partition coefficient (Wildman–Crippen LogP) is 4.42. The van der Waals surface area contributed by atoms with Gasteiger partial charge in [0.1, 0.15) is 12.4 Å². The minimum absolute atomic E-state index is 0.0784. The highest BCUT2D eigenvalue weighted by Crippen LogP contribution is 2.18. The molecule has 0 N–H and O–H groups in total. The van der Waals surface area contributed by atoms with Crippen LogP contribution in [0.15, 0.2) is 48.5 Å². The molecule has 126 valence electrons. The smallest absolute Gasteiger partial charge is 0.338 e. The van der Waals surface area contributed by atoms with E-state index in [2.05, 4.69) is 6.92 Å². The van der Waals surface area contributed by atoms with Gasteiger partial charge in [0.05, 0.1) is 17.2 Å². The molecule has 0 aliphatic carbocycles. The molecule has 24 heavy (non-hydrogen) atoms. The molecular formula is C20H22O4. The lowest BCUT2D eigenvalue weighted by Crippen LogP contribution is -2.14. The Bertz CT molecular complexity index is 676. The molecule has 1 atom stereocenters. The fourth-order valence-electron chi connectivity index (χ4n) is 2.32. The Morgan fingerprint density at radius 2 is 1.83 bits per heavy atom. The van der Waals surface area contributed by atoms with Gasteiger partial charge in [0.25, 0.3) is 0 Å². The van der Waals surface area contributed by atoms with Gasteiger partial charge in [-0.3, -0.25) is 4.79 Å². The summed E-state index contributed by atoms with van der Waals surface area (Å²) < 4.78 is 11.0. The maximum absolute atomic E-state index is 12.0. The number of esters is 1. The molecule has 4 nitrogen and oxygen atoms in total. The Morgan fingerprint density at radius 1 is 1.12 bits per heavy atom. The van der Waals surface area contributed by atoms with Crippen LogP contribution in [0.25, 0.3) is 0 Å². The quantitative estimate of drug-likeness (QED) is 0.532. The number of benzene rings is 2. The first-order valence-corrected chi connectivity index (χ1v) is 8.11. The molecule has 0 spiro atoms. The van der Waals surface area contributed by atoms with E-state index in [4.69, 9.17) is 9.47 Å². The second-order valence-corrected chi connectivity index (χ2v) is 5.65. The van der Waals surface area contributed by atoms with Gasteiger partial charge in [0.15, 0.2) is 6.29 Å². The third-order valence-electron chi connectivity index (χ3n) is 3.63. The van der Waals surface area contributed by atoms with Crippen LogP contribution in [0.2, 0.25) is 0 Å². The van der Waals surface area contributed by atoms with Crippen molar-refractivity contribution in [2.75, 3.05) is 0 Å². The van der Waals surface area contributed by atoms with Crippen LogP contribution in [-0.4, -0.2) is 18.4 Å². The van der Waals surface area contributed by atoms with Crippen LogP contribution in [0.4, 0.5) is 0 Å². The fourth-order valence-corrected chi connectivity index (χ4v) is 2.32. The number of aldehydes is 1. The summed E-state index contributed by atoms with van der Waals surface area (Å²) in [4.78, 5) is 23.0. The molecule has 1 unspecified atom stereocenters. The number of rotatable bonds is 8. The lowest BCUT2D eigenvalue weighted by atomic mass is 10.1. The van der Waals surface area contributed by atoms with Crippen molar-refractivity contribution >= 4 is 12.3 Å². The maximum Gasteiger partial charge on any atom is 0.338 e. The second kappa shape index (κ2) is 8.87. The minimum Gasteiger partial charge on any atom is -0.488 e. The Balaban J connectivity index is 1.94. The van der Waals surface area contributed by atoms with Gasteiger partial charge >= 0.3 is 5.97 Å². The molecule has 0 aliphatic rings. The summed E-state index contributed by atoms with van der Waals surface area (Å²) in [6.07, 6.45) is 2.53. The Morgan fingerprint density at radius 3 is 2.50 bits per heavy atom. The van der Waals surface area contributed by atoms with E-state index >= 15 is 0 Å². The predicted molar refractivity (Wildman–Crippen MR) is 92.4 cm³/mol. The molecule has 2 aromatic carbocycles. The molecule has 0 saturated heterocycles. The highest BCUT2D eigenvalue weighted by molar-refractivity contribution is 5.89. The van der Waals surface area contributed by atoms with Crippen molar-refractivity contribution in [1.82, 2.24) is 0 Å². The molecule has 0 heterocycles. The fraction of sp³-hybridized carbons (Fsp3) is 0.300. The van der Waals surface area contributed by atoms with Gasteiger partial charge in [-0.25, -0.2) is 4.79 Å². The first-order chi connectivity index (χ1) is 11.6. The average Bonchev–Trinajstić information content (AvgIpc) is 2.60. The molecular weight excluding hydrogens is 304 g/mol. The van der Waals surface area contributed by atoms with E-state index in [0.717, 1.165) is 24.7 Å². The van der Waals surface area contributed by atoms with Crippen molar-refractivity contribution in [3.8, 4) is 5.75 Å². The van der Waals surface area contributed by atoms with Gasteiger partial charge in [-0.2, -0.15) is 0 Å². The molecule has 0 amide bonds. The van der Waals surface area contributed by atoms with Crippen LogP contribution < -0.4 is 4.74 Å². The average molecular weight is 326 g/mol. The number of ether oxygens (including phenoxy) is 2. The van der Waals surface area contributed by atoms with E-state index in [9.17, 15) is 9.59 Å². The topological polar surface area (TPSA) is 52.6 Å². The zero-order valence-electron chi connectivity index (χ0n) is 14.0. The summed E-state index contributed by atoms with van der Waals surface area (Å²) in [7, 11) is 0. The zero-order chi connectivity index (χ0) is 17.4. The molecule has 0 saturated carbocycles. The minimum atomic E-state index is -0.310. The largest absolute Gasteiger partial charge is 0.488 e. The summed E-state index contributed by atoms with van der Waals surface area (Å²) in [6, 6.07) is 14.2. The summed E-state index contributed by atoms with van der Waals surface area (Å²) >= 11 is 0. The van der Waals surface area contributed by atoms with Crippen molar-refractivity contribution in [2.24, 2.45) is 0 Å². The standard InChI is InChI=1S/C20H22O4/c1-3-6-15(2)24-20(22)17-11-9-16(10-12-17)14-23-19-8-5-4-7-18(19)13-21/h4-5,7-13,15H,3,6,14H2,1-2H3. The van der Waals surface area contributed by atoms with E-state index < -0.39 is 0 Å². The monoisotopic (exact) mass is 326 g/mol. The molecule has 2 aromatic rings. The normalized spacial score (nSPS) is 11.6. The van der Waals surface area contributed by atoms with Crippen LogP contribution in [0, 0.1) is 0 Å².